The van der Waals surface area contributed by atoms with Crippen LogP contribution in [-0.2, 0) is 23.0 Å². The van der Waals surface area contributed by atoms with Gasteiger partial charge in [0, 0.05) is 24.5 Å². The predicted octanol–water partition coefficient (Wildman–Crippen LogP) is 1.52. The smallest absolute Gasteiger partial charge is 0.262 e. The summed E-state index contributed by atoms with van der Waals surface area (Å²) in [5.41, 5.74) is 1.74. The quantitative estimate of drug-likeness (QED) is 0.764. The minimum absolute atomic E-state index is 0.0113. The van der Waals surface area contributed by atoms with Gasteiger partial charge in [-0.2, -0.15) is 4.31 Å². The molecule has 0 fully saturated rings. The van der Waals surface area contributed by atoms with Crippen LogP contribution in [0.2, 0.25) is 5.15 Å². The number of nitrogens with zero attached hydrogens (tertiary/aromatic N) is 4. The number of imidazole rings is 2. The van der Waals surface area contributed by atoms with Crippen molar-refractivity contribution >= 4 is 37.9 Å². The fourth-order valence-electron chi connectivity index (χ4n) is 2.48. The molecule has 21 heavy (non-hydrogen) atoms. The summed E-state index contributed by atoms with van der Waals surface area (Å²) >= 11 is 7.38. The van der Waals surface area contributed by atoms with Crippen LogP contribution in [0.4, 0.5) is 0 Å². The number of hydrogen-bond acceptors (Lipinski definition) is 5. The first-order valence-electron chi connectivity index (χ1n) is 6.19. The maximum atomic E-state index is 12.9. The number of halogens is 1. The van der Waals surface area contributed by atoms with Gasteiger partial charge in [0.1, 0.15) is 0 Å². The standard InChI is InChI=1S/C11H10ClN5O2S2/c12-9-10(17-3-4-20-11(17)15-9)21(18,19)16-2-1-7-8(5-16)14-6-13-7/h3-4,6H,1-2,5H2,(H,13,14). The molecule has 0 atom stereocenters. The molecule has 7 nitrogen and oxygen atoms in total. The number of nitrogens with one attached hydrogen (secondary N) is 1. The van der Waals surface area contributed by atoms with Crippen molar-refractivity contribution in [1.29, 1.82) is 0 Å². The number of H-pyrrole nitrogens is 1. The van der Waals surface area contributed by atoms with Gasteiger partial charge in [0.05, 0.1) is 24.3 Å². The third-order valence-corrected chi connectivity index (χ3v) is 6.51. The van der Waals surface area contributed by atoms with Crippen molar-refractivity contribution in [2.45, 2.75) is 18.0 Å². The zero-order valence-electron chi connectivity index (χ0n) is 10.7. The SMILES string of the molecule is O=S(=O)(c1c(Cl)nc2sccn12)N1CCc2nc[nH]c2C1. The van der Waals surface area contributed by atoms with E-state index in [0.29, 0.717) is 17.9 Å². The Balaban J connectivity index is 1.81. The summed E-state index contributed by atoms with van der Waals surface area (Å²) < 4.78 is 28.6. The lowest BCUT2D eigenvalue weighted by molar-refractivity contribution is 0.383. The molecular weight excluding hydrogens is 334 g/mol. The zero-order valence-corrected chi connectivity index (χ0v) is 13.0. The summed E-state index contributed by atoms with van der Waals surface area (Å²) in [5.74, 6) is 0. The van der Waals surface area contributed by atoms with Crippen molar-refractivity contribution in [3.8, 4) is 0 Å². The molecule has 0 radical (unpaired) electrons. The molecule has 10 heteroatoms. The van der Waals surface area contributed by atoms with E-state index in [1.807, 2.05) is 0 Å². The molecule has 1 N–H and O–H groups in total. The molecular formula is C11H10ClN5O2S2. The molecule has 4 rings (SSSR count). The summed E-state index contributed by atoms with van der Waals surface area (Å²) in [6.45, 7) is 0.652. The molecule has 0 aliphatic carbocycles. The Morgan fingerprint density at radius 3 is 3.14 bits per heavy atom. The summed E-state index contributed by atoms with van der Waals surface area (Å²) in [5, 5.41) is 1.82. The molecule has 0 bridgehead atoms. The minimum Gasteiger partial charge on any atom is -0.347 e. The van der Waals surface area contributed by atoms with Gasteiger partial charge in [-0.05, 0) is 0 Å². The molecule has 3 aromatic rings. The average Bonchev–Trinajstić information content (AvgIpc) is 3.11. The fourth-order valence-corrected chi connectivity index (χ4v) is 5.30. The molecule has 1 aliphatic rings. The third kappa shape index (κ3) is 1.92. The van der Waals surface area contributed by atoms with Crippen molar-refractivity contribution < 1.29 is 8.42 Å². The van der Waals surface area contributed by atoms with Crippen LogP contribution in [0.25, 0.3) is 4.96 Å². The maximum Gasteiger partial charge on any atom is 0.262 e. The fraction of sp³-hybridized carbons (Fsp3) is 0.273. The lowest BCUT2D eigenvalue weighted by Crippen LogP contribution is -2.36. The number of rotatable bonds is 2. The Hall–Kier alpha value is -1.42. The Morgan fingerprint density at radius 2 is 2.29 bits per heavy atom. The highest BCUT2D eigenvalue weighted by Crippen LogP contribution is 2.30. The molecule has 0 spiro atoms. The second-order valence-electron chi connectivity index (χ2n) is 4.68. The highest BCUT2D eigenvalue weighted by Gasteiger charge is 2.34. The van der Waals surface area contributed by atoms with Gasteiger partial charge in [0.2, 0.25) is 0 Å². The van der Waals surface area contributed by atoms with E-state index in [2.05, 4.69) is 15.0 Å². The van der Waals surface area contributed by atoms with Gasteiger partial charge in [-0.25, -0.2) is 18.4 Å². The first kappa shape index (κ1) is 13.3. The van der Waals surface area contributed by atoms with Gasteiger partial charge in [-0.3, -0.25) is 4.40 Å². The lowest BCUT2D eigenvalue weighted by Gasteiger charge is -2.25. The minimum atomic E-state index is -3.71. The molecule has 0 saturated carbocycles. The summed E-state index contributed by atoms with van der Waals surface area (Å²) in [6.07, 6.45) is 3.84. The molecule has 0 aromatic carbocycles. The van der Waals surface area contributed by atoms with Gasteiger partial charge in [0.25, 0.3) is 10.0 Å². The maximum absolute atomic E-state index is 12.9. The molecule has 1 aliphatic heterocycles. The number of hydrogen-bond donors (Lipinski definition) is 1. The van der Waals surface area contributed by atoms with Crippen molar-refractivity contribution in [3.05, 3.63) is 34.4 Å². The number of fused-ring (bicyclic) bond motifs is 2. The second-order valence-corrected chi connectivity index (χ2v) is 7.76. The van der Waals surface area contributed by atoms with Crippen LogP contribution in [0.15, 0.2) is 22.9 Å². The molecule has 3 aromatic heterocycles. The van der Waals surface area contributed by atoms with E-state index in [4.69, 9.17) is 11.6 Å². The topological polar surface area (TPSA) is 83.4 Å². The average molecular weight is 344 g/mol. The Labute approximate surface area is 129 Å². The normalized spacial score (nSPS) is 16.4. The van der Waals surface area contributed by atoms with E-state index < -0.39 is 10.0 Å². The number of aromatic amines is 1. The van der Waals surface area contributed by atoms with Crippen LogP contribution < -0.4 is 0 Å². The van der Waals surface area contributed by atoms with Crippen molar-refractivity contribution in [3.63, 3.8) is 0 Å². The summed E-state index contributed by atoms with van der Waals surface area (Å²) in [6, 6.07) is 0. The molecule has 0 saturated heterocycles. The van der Waals surface area contributed by atoms with E-state index in [-0.39, 0.29) is 16.7 Å². The van der Waals surface area contributed by atoms with E-state index in [0.717, 1.165) is 11.4 Å². The van der Waals surface area contributed by atoms with E-state index in [9.17, 15) is 8.42 Å². The van der Waals surface area contributed by atoms with Crippen LogP contribution in [0, 0.1) is 0 Å². The van der Waals surface area contributed by atoms with Gasteiger partial charge >= 0.3 is 0 Å². The number of sulfonamides is 1. The van der Waals surface area contributed by atoms with Crippen LogP contribution in [-0.4, -0.2) is 38.6 Å². The predicted molar refractivity (Wildman–Crippen MR) is 78.0 cm³/mol. The van der Waals surface area contributed by atoms with Crippen LogP contribution >= 0.6 is 22.9 Å². The Morgan fingerprint density at radius 1 is 1.43 bits per heavy atom. The van der Waals surface area contributed by atoms with Crippen LogP contribution in [0.5, 0.6) is 0 Å². The van der Waals surface area contributed by atoms with E-state index >= 15 is 0 Å². The first-order chi connectivity index (χ1) is 10.1. The molecule has 4 heterocycles. The van der Waals surface area contributed by atoms with Crippen LogP contribution in [0.3, 0.4) is 0 Å². The van der Waals surface area contributed by atoms with Crippen molar-refractivity contribution in [2.75, 3.05) is 6.54 Å². The summed E-state index contributed by atoms with van der Waals surface area (Å²) in [4.78, 5) is 11.8. The van der Waals surface area contributed by atoms with Gasteiger partial charge in [-0.15, -0.1) is 11.3 Å². The van der Waals surface area contributed by atoms with E-state index in [1.54, 1.807) is 17.9 Å². The molecule has 0 amide bonds. The summed E-state index contributed by atoms with van der Waals surface area (Å²) in [7, 11) is -3.71. The first-order valence-corrected chi connectivity index (χ1v) is 8.89. The lowest BCUT2D eigenvalue weighted by atomic mass is 10.2. The highest BCUT2D eigenvalue weighted by atomic mass is 35.5. The highest BCUT2D eigenvalue weighted by molar-refractivity contribution is 7.89. The second kappa shape index (κ2) is 4.54. The van der Waals surface area contributed by atoms with Gasteiger partial charge in [0.15, 0.2) is 15.1 Å². The number of aromatic nitrogens is 4. The third-order valence-electron chi connectivity index (χ3n) is 3.50. The van der Waals surface area contributed by atoms with Crippen molar-refractivity contribution in [2.24, 2.45) is 0 Å². The largest absolute Gasteiger partial charge is 0.347 e. The van der Waals surface area contributed by atoms with Crippen LogP contribution in [0.1, 0.15) is 11.4 Å². The molecule has 0 unspecified atom stereocenters. The monoisotopic (exact) mass is 343 g/mol. The van der Waals surface area contributed by atoms with Gasteiger partial charge < -0.3 is 4.98 Å². The van der Waals surface area contributed by atoms with Gasteiger partial charge in [-0.1, -0.05) is 11.6 Å². The zero-order chi connectivity index (χ0) is 14.6. The van der Waals surface area contributed by atoms with E-state index in [1.165, 1.54) is 20.0 Å². The van der Waals surface area contributed by atoms with Crippen molar-refractivity contribution in [1.82, 2.24) is 23.7 Å². The Kier molecular flexibility index (Phi) is 2.86. The molecule has 110 valence electrons. The number of thiazole rings is 1. The Bertz CT molecular complexity index is 926.